The number of carbonyl (C=O) groups is 1. The molecule has 0 aliphatic heterocycles. The lowest BCUT2D eigenvalue weighted by Gasteiger charge is -1.88. The summed E-state index contributed by atoms with van der Waals surface area (Å²) in [4.78, 5) is 13.2. The molecule has 1 amide bonds. The van der Waals surface area contributed by atoms with Crippen molar-refractivity contribution in [2.24, 2.45) is 5.73 Å². The summed E-state index contributed by atoms with van der Waals surface area (Å²) in [5, 5.41) is 6.69. The van der Waals surface area contributed by atoms with Crippen LogP contribution in [0.2, 0.25) is 0 Å². The first-order chi connectivity index (χ1) is 8.70. The number of H-pyrrole nitrogens is 1. The molecule has 0 spiro atoms. The maximum Gasteiger partial charge on any atom is 0.269 e. The van der Waals surface area contributed by atoms with Crippen molar-refractivity contribution in [3.05, 3.63) is 34.8 Å². The lowest BCUT2D eigenvalue weighted by Crippen LogP contribution is -2.10. The molecule has 2 aromatic heterocycles. The van der Waals surface area contributed by atoms with Crippen molar-refractivity contribution < 1.29 is 4.79 Å². The molecule has 0 unspecified atom stereocenters. The van der Waals surface area contributed by atoms with Crippen LogP contribution in [0.5, 0.6) is 0 Å². The second-order valence-corrected chi connectivity index (χ2v) is 5.04. The van der Waals surface area contributed by atoms with Gasteiger partial charge in [0.2, 0.25) is 0 Å². The van der Waals surface area contributed by atoms with E-state index >= 15 is 0 Å². The van der Waals surface area contributed by atoms with Gasteiger partial charge >= 0.3 is 0 Å². The van der Waals surface area contributed by atoms with Gasteiger partial charge in [0, 0.05) is 4.88 Å². The number of hydrogen-bond acceptors (Lipinski definition) is 3. The van der Waals surface area contributed by atoms with Gasteiger partial charge in [0.05, 0.1) is 10.6 Å². The number of aromatic amines is 1. The number of amides is 1. The van der Waals surface area contributed by atoms with Crippen LogP contribution in [0.4, 0.5) is 0 Å². The molecule has 4 nitrogen and oxygen atoms in total. The van der Waals surface area contributed by atoms with Crippen molar-refractivity contribution in [1.82, 2.24) is 10.2 Å². The largest absolute Gasteiger partial charge is 0.364 e. The zero-order valence-electron chi connectivity index (χ0n) is 10.1. The van der Waals surface area contributed by atoms with Gasteiger partial charge in [-0.05, 0) is 30.7 Å². The fourth-order valence-corrected chi connectivity index (χ4v) is 2.43. The van der Waals surface area contributed by atoms with Crippen molar-refractivity contribution >= 4 is 23.3 Å². The van der Waals surface area contributed by atoms with Gasteiger partial charge in [0.25, 0.3) is 5.91 Å². The van der Waals surface area contributed by atoms with Crippen LogP contribution in [0.25, 0.3) is 16.6 Å². The SMILES string of the molecule is CCCC=Cc1ccc(-c2cc(C(N)=O)n[nH]2)s1. The number of hydrogen-bond donors (Lipinski definition) is 2. The summed E-state index contributed by atoms with van der Waals surface area (Å²) >= 11 is 1.65. The van der Waals surface area contributed by atoms with Crippen LogP contribution in [0.15, 0.2) is 24.3 Å². The third-order valence-corrected chi connectivity index (χ3v) is 3.54. The predicted octanol–water partition coefficient (Wildman–Crippen LogP) is 3.05. The molecule has 2 rings (SSSR count). The van der Waals surface area contributed by atoms with Gasteiger partial charge in [0.1, 0.15) is 5.69 Å². The molecule has 0 radical (unpaired) electrons. The van der Waals surface area contributed by atoms with Gasteiger partial charge in [0.15, 0.2) is 0 Å². The minimum atomic E-state index is -0.517. The standard InChI is InChI=1S/C13H15N3OS/c1-2-3-4-5-9-6-7-12(18-9)10-8-11(13(14)17)16-15-10/h4-8H,2-3H2,1H3,(H2,14,17)(H,15,16). The lowest BCUT2D eigenvalue weighted by molar-refractivity contribution is 0.0995. The predicted molar refractivity (Wildman–Crippen MR) is 74.4 cm³/mol. The Kier molecular flexibility index (Phi) is 3.94. The maximum absolute atomic E-state index is 11.0. The topological polar surface area (TPSA) is 71.8 Å². The monoisotopic (exact) mass is 261 g/mol. The normalized spacial score (nSPS) is 11.2. The molecule has 3 N–H and O–H groups in total. The highest BCUT2D eigenvalue weighted by molar-refractivity contribution is 7.16. The van der Waals surface area contributed by atoms with Crippen LogP contribution in [-0.4, -0.2) is 16.1 Å². The zero-order chi connectivity index (χ0) is 13.0. The number of primary amides is 1. The van der Waals surface area contributed by atoms with Gasteiger partial charge in [-0.25, -0.2) is 0 Å². The highest BCUT2D eigenvalue weighted by Gasteiger charge is 2.09. The molecule has 18 heavy (non-hydrogen) atoms. The highest BCUT2D eigenvalue weighted by atomic mass is 32.1. The average Bonchev–Trinajstić information content (AvgIpc) is 2.97. The molecular formula is C13H15N3OS. The average molecular weight is 261 g/mol. The molecule has 2 heterocycles. The highest BCUT2D eigenvalue weighted by Crippen LogP contribution is 2.27. The third kappa shape index (κ3) is 2.87. The van der Waals surface area contributed by atoms with E-state index < -0.39 is 5.91 Å². The smallest absolute Gasteiger partial charge is 0.269 e. The summed E-state index contributed by atoms with van der Waals surface area (Å²) in [7, 11) is 0. The number of unbranched alkanes of at least 4 members (excludes halogenated alkanes) is 1. The fraction of sp³-hybridized carbons (Fsp3) is 0.231. The molecule has 0 saturated heterocycles. The van der Waals surface area contributed by atoms with Crippen LogP contribution in [-0.2, 0) is 0 Å². The van der Waals surface area contributed by atoms with Gasteiger partial charge in [-0.1, -0.05) is 19.4 Å². The van der Waals surface area contributed by atoms with Crippen molar-refractivity contribution in [2.75, 3.05) is 0 Å². The van der Waals surface area contributed by atoms with E-state index in [1.165, 1.54) is 4.88 Å². The number of rotatable bonds is 5. The molecule has 0 atom stereocenters. The molecule has 0 bridgehead atoms. The molecule has 5 heteroatoms. The minimum Gasteiger partial charge on any atom is -0.364 e. The van der Waals surface area contributed by atoms with E-state index in [0.29, 0.717) is 0 Å². The van der Waals surface area contributed by atoms with Crippen LogP contribution in [0.1, 0.15) is 35.1 Å². The Labute approximate surface area is 110 Å². The Morgan fingerprint density at radius 2 is 2.39 bits per heavy atom. The van der Waals surface area contributed by atoms with Crippen LogP contribution in [0.3, 0.4) is 0 Å². The van der Waals surface area contributed by atoms with Crippen molar-refractivity contribution in [1.29, 1.82) is 0 Å². The van der Waals surface area contributed by atoms with E-state index in [1.54, 1.807) is 17.4 Å². The molecule has 0 aromatic carbocycles. The molecule has 0 fully saturated rings. The number of nitrogens with zero attached hydrogens (tertiary/aromatic N) is 1. The number of carbonyl (C=O) groups excluding carboxylic acids is 1. The molecule has 0 aliphatic rings. The second kappa shape index (κ2) is 5.64. The minimum absolute atomic E-state index is 0.265. The van der Waals surface area contributed by atoms with Crippen molar-refractivity contribution in [3.63, 3.8) is 0 Å². The van der Waals surface area contributed by atoms with E-state index in [1.807, 2.05) is 6.07 Å². The number of allylic oxidation sites excluding steroid dienone is 1. The first kappa shape index (κ1) is 12.6. The molecule has 0 saturated carbocycles. The first-order valence-corrected chi connectivity index (χ1v) is 6.64. The van der Waals surface area contributed by atoms with Crippen molar-refractivity contribution in [3.8, 4) is 10.6 Å². The van der Waals surface area contributed by atoms with E-state index in [2.05, 4.69) is 35.3 Å². The summed E-state index contributed by atoms with van der Waals surface area (Å²) < 4.78 is 0. The number of thiophene rings is 1. The van der Waals surface area contributed by atoms with Gasteiger partial charge in [-0.2, -0.15) is 5.10 Å². The summed E-state index contributed by atoms with van der Waals surface area (Å²) in [5.41, 5.74) is 6.25. The van der Waals surface area contributed by atoms with Gasteiger partial charge < -0.3 is 5.73 Å². The van der Waals surface area contributed by atoms with E-state index in [4.69, 9.17) is 5.73 Å². The Morgan fingerprint density at radius 3 is 3.06 bits per heavy atom. The Morgan fingerprint density at radius 1 is 1.56 bits per heavy atom. The van der Waals surface area contributed by atoms with E-state index in [9.17, 15) is 4.79 Å². The fourth-order valence-electron chi connectivity index (χ4n) is 1.53. The Bertz CT molecular complexity index is 568. The van der Waals surface area contributed by atoms with Gasteiger partial charge in [-0.15, -0.1) is 11.3 Å². The second-order valence-electron chi connectivity index (χ2n) is 3.92. The lowest BCUT2D eigenvalue weighted by atomic mass is 10.3. The van der Waals surface area contributed by atoms with Crippen LogP contribution < -0.4 is 5.73 Å². The summed E-state index contributed by atoms with van der Waals surface area (Å²) in [6, 6.07) is 5.74. The van der Waals surface area contributed by atoms with Crippen LogP contribution >= 0.6 is 11.3 Å². The molecule has 2 aromatic rings. The number of nitrogens with two attached hydrogens (primary N) is 1. The Balaban J connectivity index is 2.16. The van der Waals surface area contributed by atoms with E-state index in [-0.39, 0.29) is 5.69 Å². The summed E-state index contributed by atoms with van der Waals surface area (Å²) in [6.45, 7) is 2.15. The first-order valence-electron chi connectivity index (χ1n) is 5.82. The molecular weight excluding hydrogens is 246 g/mol. The number of aromatic nitrogens is 2. The summed E-state index contributed by atoms with van der Waals surface area (Å²) in [5.74, 6) is -0.517. The molecule has 0 aliphatic carbocycles. The van der Waals surface area contributed by atoms with Crippen molar-refractivity contribution in [2.45, 2.75) is 19.8 Å². The van der Waals surface area contributed by atoms with Crippen LogP contribution in [0, 0.1) is 0 Å². The Hall–Kier alpha value is -1.88. The zero-order valence-corrected chi connectivity index (χ0v) is 11.0. The molecule has 94 valence electrons. The number of nitrogens with one attached hydrogen (secondary N) is 1. The van der Waals surface area contributed by atoms with E-state index in [0.717, 1.165) is 23.4 Å². The third-order valence-electron chi connectivity index (χ3n) is 2.46. The van der Waals surface area contributed by atoms with Gasteiger partial charge in [-0.3, -0.25) is 9.89 Å². The maximum atomic E-state index is 11.0. The quantitative estimate of drug-likeness (QED) is 0.868. The summed E-state index contributed by atoms with van der Waals surface area (Å²) in [6.07, 6.45) is 6.51.